The number of aliphatic imine (C=N–C) groups is 3. The van der Waals surface area contributed by atoms with Gasteiger partial charge < -0.3 is 5.32 Å². The molecule has 1 N–H and O–H groups in total. The van der Waals surface area contributed by atoms with E-state index in [-0.39, 0.29) is 5.96 Å². The zero-order valence-corrected chi connectivity index (χ0v) is 7.86. The topological polar surface area (TPSA) is 66.2 Å². The molecule has 1 aliphatic rings. The Morgan fingerprint density at radius 3 is 2.86 bits per heavy atom. The van der Waals surface area contributed by atoms with E-state index in [2.05, 4.69) is 20.3 Å². The molecule has 14 heavy (non-hydrogen) atoms. The van der Waals surface area contributed by atoms with Crippen molar-refractivity contribution in [2.45, 2.75) is 0 Å². The number of nitrogens with zero attached hydrogens (tertiary/aromatic N) is 3. The van der Waals surface area contributed by atoms with Gasteiger partial charge in [-0.3, -0.25) is 0 Å². The van der Waals surface area contributed by atoms with Crippen LogP contribution >= 0.6 is 11.3 Å². The highest BCUT2D eigenvalue weighted by Gasteiger charge is 2.03. The molecular weight excluding hydrogens is 200 g/mol. The van der Waals surface area contributed by atoms with E-state index < -0.39 is 6.03 Å². The first-order valence-electron chi connectivity index (χ1n) is 3.83. The van der Waals surface area contributed by atoms with Crippen LogP contribution in [0.15, 0.2) is 31.8 Å². The highest BCUT2D eigenvalue weighted by molar-refractivity contribution is 7.08. The molecule has 0 atom stereocenters. The maximum Gasteiger partial charge on any atom is 0.348 e. The van der Waals surface area contributed by atoms with Gasteiger partial charge in [0, 0.05) is 17.8 Å². The zero-order chi connectivity index (χ0) is 9.80. The quantitative estimate of drug-likeness (QED) is 0.747. The van der Waals surface area contributed by atoms with Crippen molar-refractivity contribution in [1.29, 1.82) is 0 Å². The number of urea groups is 1. The van der Waals surface area contributed by atoms with Crippen molar-refractivity contribution in [1.82, 2.24) is 0 Å². The lowest BCUT2D eigenvalue weighted by atomic mass is 10.5. The molecule has 1 aromatic heterocycles. The van der Waals surface area contributed by atoms with Gasteiger partial charge in [0.25, 0.3) is 5.96 Å². The molecule has 0 fully saturated rings. The second-order valence-electron chi connectivity index (χ2n) is 2.41. The van der Waals surface area contributed by atoms with Crippen LogP contribution in [0.5, 0.6) is 0 Å². The van der Waals surface area contributed by atoms with Gasteiger partial charge in [0.05, 0.1) is 5.69 Å². The minimum absolute atomic E-state index is 0.178. The number of hydrogen-bond acceptors (Lipinski definition) is 2. The van der Waals surface area contributed by atoms with E-state index in [4.69, 9.17) is 0 Å². The summed E-state index contributed by atoms with van der Waals surface area (Å²) in [4.78, 5) is 22.3. The predicted molar refractivity (Wildman–Crippen MR) is 57.8 cm³/mol. The molecule has 0 saturated carbocycles. The molecule has 0 aromatic carbocycles. The fourth-order valence-corrected chi connectivity index (χ4v) is 1.46. The first-order valence-corrected chi connectivity index (χ1v) is 4.77. The van der Waals surface area contributed by atoms with E-state index in [1.165, 1.54) is 23.8 Å². The third-order valence-corrected chi connectivity index (χ3v) is 2.10. The van der Waals surface area contributed by atoms with Gasteiger partial charge in [0.15, 0.2) is 0 Å². The van der Waals surface area contributed by atoms with Crippen LogP contribution in [0.2, 0.25) is 0 Å². The number of guanidine groups is 1. The van der Waals surface area contributed by atoms with Crippen molar-refractivity contribution in [2.24, 2.45) is 15.0 Å². The lowest BCUT2D eigenvalue weighted by molar-refractivity contribution is 0.259. The average Bonchev–Trinajstić information content (AvgIpc) is 2.76. The molecule has 0 saturated heterocycles. The van der Waals surface area contributed by atoms with E-state index in [9.17, 15) is 4.79 Å². The normalized spacial score (nSPS) is 13.3. The number of hydrogen-bond donors (Lipinski definition) is 1. The maximum atomic E-state index is 11.2. The summed E-state index contributed by atoms with van der Waals surface area (Å²) in [5, 5.41) is 6.27. The van der Waals surface area contributed by atoms with E-state index in [0.717, 1.165) is 5.69 Å². The van der Waals surface area contributed by atoms with Gasteiger partial charge in [-0.1, -0.05) is 0 Å². The molecular formula is C8H6N4OS. The van der Waals surface area contributed by atoms with Gasteiger partial charge in [-0.05, 0) is 11.4 Å². The number of thiophene rings is 1. The molecule has 0 aliphatic carbocycles. The fourth-order valence-electron chi connectivity index (χ4n) is 0.869. The molecule has 0 radical (unpaired) electrons. The maximum absolute atomic E-state index is 11.2. The Hall–Kier alpha value is -1.82. The molecule has 2 rings (SSSR count). The summed E-state index contributed by atoms with van der Waals surface area (Å²) in [5.41, 5.74) is 0.732. The first-order chi connectivity index (χ1) is 6.84. The van der Waals surface area contributed by atoms with Crippen LogP contribution in [0.3, 0.4) is 0 Å². The van der Waals surface area contributed by atoms with E-state index in [1.54, 1.807) is 6.07 Å². The lowest BCUT2D eigenvalue weighted by Crippen LogP contribution is -2.07. The average molecular weight is 206 g/mol. The largest absolute Gasteiger partial charge is 0.348 e. The van der Waals surface area contributed by atoms with Crippen LogP contribution in [0.4, 0.5) is 10.5 Å². The van der Waals surface area contributed by atoms with E-state index >= 15 is 0 Å². The Labute approximate surface area is 83.9 Å². The minimum atomic E-state index is -0.463. The van der Waals surface area contributed by atoms with Gasteiger partial charge in [0.2, 0.25) is 0 Å². The number of anilines is 1. The second kappa shape index (κ2) is 3.93. The SMILES string of the molecule is O=C(N=C1N=CC=N1)Nc1ccsc1. The van der Waals surface area contributed by atoms with Gasteiger partial charge in [-0.15, -0.1) is 0 Å². The molecule has 6 heteroatoms. The summed E-state index contributed by atoms with van der Waals surface area (Å²) in [7, 11) is 0. The van der Waals surface area contributed by atoms with Crippen molar-refractivity contribution in [2.75, 3.05) is 5.32 Å². The molecule has 70 valence electrons. The Morgan fingerprint density at radius 1 is 1.43 bits per heavy atom. The van der Waals surface area contributed by atoms with Crippen LogP contribution in [0.1, 0.15) is 0 Å². The van der Waals surface area contributed by atoms with Crippen molar-refractivity contribution < 1.29 is 4.79 Å². The molecule has 0 spiro atoms. The van der Waals surface area contributed by atoms with Crippen molar-refractivity contribution in [3.63, 3.8) is 0 Å². The molecule has 2 amide bonds. The third kappa shape index (κ3) is 2.11. The van der Waals surface area contributed by atoms with Gasteiger partial charge in [0.1, 0.15) is 0 Å². The minimum Gasteiger partial charge on any atom is -0.305 e. The van der Waals surface area contributed by atoms with Crippen molar-refractivity contribution in [3.8, 4) is 0 Å². The smallest absolute Gasteiger partial charge is 0.305 e. The Morgan fingerprint density at radius 2 is 2.21 bits per heavy atom. The molecule has 1 aliphatic heterocycles. The zero-order valence-electron chi connectivity index (χ0n) is 7.04. The second-order valence-corrected chi connectivity index (χ2v) is 3.19. The van der Waals surface area contributed by atoms with Crippen molar-refractivity contribution in [3.05, 3.63) is 16.8 Å². The number of amides is 2. The Kier molecular flexibility index (Phi) is 2.46. The van der Waals surface area contributed by atoms with Crippen LogP contribution in [0, 0.1) is 0 Å². The molecule has 2 heterocycles. The number of carbonyl (C=O) groups excluding carboxylic acids is 1. The van der Waals surface area contributed by atoms with Crippen LogP contribution in [-0.2, 0) is 0 Å². The third-order valence-electron chi connectivity index (χ3n) is 1.42. The van der Waals surface area contributed by atoms with E-state index in [0.29, 0.717) is 0 Å². The van der Waals surface area contributed by atoms with E-state index in [1.807, 2.05) is 10.8 Å². The molecule has 1 aromatic rings. The summed E-state index contributed by atoms with van der Waals surface area (Å²) in [6.07, 6.45) is 2.97. The molecule has 0 unspecified atom stereocenters. The van der Waals surface area contributed by atoms with Crippen LogP contribution < -0.4 is 5.32 Å². The molecule has 0 bridgehead atoms. The standard InChI is InChI=1S/C8H6N4OS/c13-8(11-6-1-4-14-5-6)12-7-9-2-3-10-7/h1-5H,(H,11,13). The van der Waals surface area contributed by atoms with Crippen molar-refractivity contribution >= 4 is 41.4 Å². The fraction of sp³-hybridized carbons (Fsp3) is 0. The van der Waals surface area contributed by atoms with Gasteiger partial charge in [-0.25, -0.2) is 14.8 Å². The highest BCUT2D eigenvalue weighted by Crippen LogP contribution is 2.11. The number of rotatable bonds is 1. The summed E-state index contributed by atoms with van der Waals surface area (Å²) < 4.78 is 0. The number of nitrogens with one attached hydrogen (secondary N) is 1. The summed E-state index contributed by atoms with van der Waals surface area (Å²) in [5.74, 6) is 0.178. The summed E-state index contributed by atoms with van der Waals surface area (Å²) in [6.45, 7) is 0. The molecule has 5 nitrogen and oxygen atoms in total. The predicted octanol–water partition coefficient (Wildman–Crippen LogP) is 1.79. The number of carbonyl (C=O) groups is 1. The Bertz CT molecular complexity index is 405. The van der Waals surface area contributed by atoms with Gasteiger partial charge in [-0.2, -0.15) is 16.3 Å². The highest BCUT2D eigenvalue weighted by atomic mass is 32.1. The van der Waals surface area contributed by atoms with Gasteiger partial charge >= 0.3 is 6.03 Å². The summed E-state index contributed by atoms with van der Waals surface area (Å²) in [6, 6.07) is 1.33. The van der Waals surface area contributed by atoms with Crippen LogP contribution in [-0.4, -0.2) is 24.4 Å². The monoisotopic (exact) mass is 206 g/mol. The summed E-state index contributed by atoms with van der Waals surface area (Å²) >= 11 is 1.50. The Balaban J connectivity index is 2.00. The lowest BCUT2D eigenvalue weighted by Gasteiger charge is -1.95. The van der Waals surface area contributed by atoms with Crippen LogP contribution in [0.25, 0.3) is 0 Å². The first kappa shape index (κ1) is 8.76.